The lowest BCUT2D eigenvalue weighted by atomic mass is 16.0. The quantitative estimate of drug-likeness (QED) is 0.490. The normalized spacial score (nSPS) is 0.800. The fraction of sp³-hybridized carbons (Fsp3) is 0. The van der Waals surface area contributed by atoms with Crippen LogP contribution >= 0.6 is 46.3 Å². The number of halogens is 3. The van der Waals surface area contributed by atoms with Crippen molar-refractivity contribution < 1.29 is 4.57 Å². The molecule has 0 bridgehead atoms. The molecule has 0 amide bonds. The summed E-state index contributed by atoms with van der Waals surface area (Å²) in [4.78, 5) is 0. The van der Waals surface area contributed by atoms with Gasteiger partial charge in [0.25, 0.3) is 9.12 Å². The molecule has 0 aliphatic carbocycles. The van der Waals surface area contributed by atoms with Crippen LogP contribution in [0.5, 0.6) is 0 Å². The van der Waals surface area contributed by atoms with Gasteiger partial charge in [-0.2, -0.15) is 0 Å². The highest BCUT2D eigenvalue weighted by molar-refractivity contribution is 7.00. The molecular formula is H3Cl3OP. The summed E-state index contributed by atoms with van der Waals surface area (Å²) < 4.78 is 7.94. The van der Waals surface area contributed by atoms with Crippen LogP contribution in [-0.2, 0) is 4.57 Å². The van der Waals surface area contributed by atoms with Gasteiger partial charge >= 0.3 is 0 Å². The first-order valence-corrected chi connectivity index (χ1v) is 0.548. The van der Waals surface area contributed by atoms with Gasteiger partial charge in [0.15, 0.2) is 0 Å². The Morgan fingerprint density at radius 3 is 0.800 bits per heavy atom. The van der Waals surface area contributed by atoms with E-state index in [4.69, 9.17) is 4.57 Å². The minimum atomic E-state index is 0. The topological polar surface area (TPSA) is 17.1 Å². The maximum Gasteiger partial charge on any atom is 0.261 e. The molecule has 0 rings (SSSR count). The van der Waals surface area contributed by atoms with E-state index >= 15 is 0 Å². The summed E-state index contributed by atoms with van der Waals surface area (Å²) in [6, 6.07) is 0. The Balaban J connectivity index is -0.00000000167. The first kappa shape index (κ1) is 38.0. The molecule has 0 saturated carbocycles. The van der Waals surface area contributed by atoms with Gasteiger partial charge in [-0.25, -0.2) is 0 Å². The van der Waals surface area contributed by atoms with E-state index in [1.54, 1.807) is 0 Å². The molecule has 0 aromatic heterocycles. The van der Waals surface area contributed by atoms with Gasteiger partial charge < -0.3 is 0 Å². The molecule has 0 N–H and O–H groups in total. The van der Waals surface area contributed by atoms with Gasteiger partial charge in [0.2, 0.25) is 0 Å². The molecule has 5 heavy (non-hydrogen) atoms. The highest BCUT2D eigenvalue weighted by atomic mass is 35.5. The van der Waals surface area contributed by atoms with E-state index in [1.807, 2.05) is 0 Å². The van der Waals surface area contributed by atoms with E-state index in [1.165, 1.54) is 0 Å². The SMILES string of the molecule is Cl.Cl.Cl.O=[P]. The van der Waals surface area contributed by atoms with Crippen LogP contribution < -0.4 is 0 Å². The molecule has 1 nitrogen and oxygen atoms in total. The molecule has 0 aromatic rings. The predicted molar refractivity (Wildman–Crippen MR) is 29.4 cm³/mol. The summed E-state index contributed by atoms with van der Waals surface area (Å²) in [5, 5.41) is 0. The van der Waals surface area contributed by atoms with Crippen molar-refractivity contribution in [2.24, 2.45) is 0 Å². The lowest BCUT2D eigenvalue weighted by molar-refractivity contribution is 0.607. The second kappa shape index (κ2) is 83.3. The molecule has 0 atom stereocenters. The Labute approximate surface area is 51.4 Å². The van der Waals surface area contributed by atoms with Crippen molar-refractivity contribution in [3.05, 3.63) is 0 Å². The third-order valence-corrected chi connectivity index (χ3v) is 0. The standard InChI is InChI=1S/3ClH.OP/c;;;1-2/h3*1H;. The average molecular weight is 156 g/mol. The summed E-state index contributed by atoms with van der Waals surface area (Å²) in [5.74, 6) is 0. The average Bonchev–Trinajstić information content (AvgIpc) is 1.00. The fourth-order valence-corrected chi connectivity index (χ4v) is 0. The minimum absolute atomic E-state index is 0. The molecule has 1 radical (unpaired) electrons. The Bertz CT molecular complexity index is 6.85. The van der Waals surface area contributed by atoms with Gasteiger partial charge in [0, 0.05) is 0 Å². The van der Waals surface area contributed by atoms with Gasteiger partial charge in [-0.15, -0.1) is 37.2 Å². The van der Waals surface area contributed by atoms with Crippen molar-refractivity contribution in [1.82, 2.24) is 0 Å². The van der Waals surface area contributed by atoms with Crippen LogP contribution in [0.25, 0.3) is 0 Å². The highest BCUT2D eigenvalue weighted by Crippen LogP contribution is 1.23. The Hall–Kier alpha value is 0.970. The monoisotopic (exact) mass is 155 g/mol. The van der Waals surface area contributed by atoms with E-state index in [9.17, 15) is 0 Å². The highest BCUT2D eigenvalue weighted by Gasteiger charge is 0.754. The third kappa shape index (κ3) is 46.6. The zero-order chi connectivity index (χ0) is 2.00. The molecule has 0 heterocycles. The van der Waals surface area contributed by atoms with E-state index in [-0.39, 0.29) is 37.2 Å². The summed E-state index contributed by atoms with van der Waals surface area (Å²) in [5.41, 5.74) is 0. The fourth-order valence-electron chi connectivity index (χ4n) is 0. The van der Waals surface area contributed by atoms with Crippen molar-refractivity contribution >= 4 is 46.3 Å². The first-order chi connectivity index (χ1) is 1.00. The van der Waals surface area contributed by atoms with Crippen molar-refractivity contribution in [2.75, 3.05) is 0 Å². The Morgan fingerprint density at radius 2 is 0.800 bits per heavy atom. The number of rotatable bonds is 0. The first-order valence-electron chi connectivity index (χ1n) is 0.183. The molecule has 5 heteroatoms. The van der Waals surface area contributed by atoms with E-state index in [0.29, 0.717) is 0 Å². The number of hydrogen-bond acceptors (Lipinski definition) is 1. The van der Waals surface area contributed by atoms with Crippen molar-refractivity contribution in [2.45, 2.75) is 0 Å². The molecule has 0 fully saturated rings. The molecule has 0 aliphatic rings. The van der Waals surface area contributed by atoms with Crippen LogP contribution in [0, 0.1) is 0 Å². The second-order valence-corrected chi connectivity index (χ2v) is 0. The van der Waals surface area contributed by atoms with Crippen molar-refractivity contribution in [3.63, 3.8) is 0 Å². The summed E-state index contributed by atoms with van der Waals surface area (Å²) in [6.07, 6.45) is 0. The van der Waals surface area contributed by atoms with Crippen LogP contribution in [0.15, 0.2) is 0 Å². The number of hydrogen-bond donors (Lipinski definition) is 0. The van der Waals surface area contributed by atoms with Crippen LogP contribution in [0.2, 0.25) is 0 Å². The predicted octanol–water partition coefficient (Wildman–Crippen LogP) is 2.01. The van der Waals surface area contributed by atoms with Gasteiger partial charge in [-0.1, -0.05) is 0 Å². The smallest absolute Gasteiger partial charge is 0.261 e. The largest absolute Gasteiger partial charge is 0.261 e. The Morgan fingerprint density at radius 1 is 0.800 bits per heavy atom. The van der Waals surface area contributed by atoms with Crippen LogP contribution in [0.3, 0.4) is 0 Å². The lowest BCUT2D eigenvalue weighted by Gasteiger charge is -0.754. The maximum absolute atomic E-state index is 7.94. The van der Waals surface area contributed by atoms with Gasteiger partial charge in [-0.3, -0.25) is 4.57 Å². The van der Waals surface area contributed by atoms with Crippen molar-refractivity contribution in [3.8, 4) is 0 Å². The summed E-state index contributed by atoms with van der Waals surface area (Å²) in [6.45, 7) is 0. The molecule has 0 saturated heterocycles. The van der Waals surface area contributed by atoms with Crippen LogP contribution in [0.4, 0.5) is 0 Å². The Kier molecular flexibility index (Phi) is 633. The van der Waals surface area contributed by atoms with Gasteiger partial charge in [0.05, 0.1) is 0 Å². The van der Waals surface area contributed by atoms with Crippen LogP contribution in [0.1, 0.15) is 0 Å². The van der Waals surface area contributed by atoms with Gasteiger partial charge in [0.1, 0.15) is 0 Å². The molecule has 0 aliphatic heterocycles. The zero-order valence-corrected chi connectivity index (χ0v) is 5.42. The molecular weight excluding hydrogens is 153 g/mol. The van der Waals surface area contributed by atoms with Gasteiger partial charge in [-0.05, 0) is 0 Å². The van der Waals surface area contributed by atoms with Crippen molar-refractivity contribution in [1.29, 1.82) is 0 Å². The molecule has 0 spiro atoms. The zero-order valence-electron chi connectivity index (χ0n) is 2.08. The minimum Gasteiger partial charge on any atom is -0.261 e. The van der Waals surface area contributed by atoms with E-state index < -0.39 is 0 Å². The van der Waals surface area contributed by atoms with E-state index in [2.05, 4.69) is 9.12 Å². The summed E-state index contributed by atoms with van der Waals surface area (Å²) >= 11 is 0. The maximum atomic E-state index is 7.94. The molecule has 0 aromatic carbocycles. The lowest BCUT2D eigenvalue weighted by Crippen LogP contribution is -0.489. The summed E-state index contributed by atoms with van der Waals surface area (Å²) in [7, 11) is 2.28. The second-order valence-electron chi connectivity index (χ2n) is 0. The van der Waals surface area contributed by atoms with Crippen LogP contribution in [-0.4, -0.2) is 0 Å². The molecule has 35 valence electrons. The molecule has 0 unspecified atom stereocenters. The third-order valence-electron chi connectivity index (χ3n) is 0. The van der Waals surface area contributed by atoms with E-state index in [0.717, 1.165) is 0 Å².